The third-order valence-corrected chi connectivity index (χ3v) is 3.92. The summed E-state index contributed by atoms with van der Waals surface area (Å²) >= 11 is 1.76. The predicted molar refractivity (Wildman–Crippen MR) is 86.4 cm³/mol. The highest BCUT2D eigenvalue weighted by Crippen LogP contribution is 2.21. The summed E-state index contributed by atoms with van der Waals surface area (Å²) in [6.45, 7) is 4.42. The monoisotopic (exact) mass is 303 g/mol. The van der Waals surface area contributed by atoms with E-state index in [-0.39, 0.29) is 0 Å². The Labute approximate surface area is 130 Å². The van der Waals surface area contributed by atoms with Crippen LogP contribution in [0, 0.1) is 6.92 Å². The van der Waals surface area contributed by atoms with Crippen LogP contribution in [0.2, 0.25) is 0 Å². The molecular weight excluding hydrogens is 282 g/mol. The number of nitrogens with one attached hydrogen (secondary N) is 1. The number of hydrogen-bond donors (Lipinski definition) is 1. The van der Waals surface area contributed by atoms with E-state index in [9.17, 15) is 0 Å². The highest BCUT2D eigenvalue weighted by Gasteiger charge is 2.00. The lowest BCUT2D eigenvalue weighted by atomic mass is 10.2. The minimum Gasteiger partial charge on any atom is -0.383 e. The fraction of sp³-hybridized carbons (Fsp3) is 0.375. The Morgan fingerprint density at radius 2 is 2.05 bits per heavy atom. The molecule has 2 rings (SSSR count). The van der Waals surface area contributed by atoms with Gasteiger partial charge in [0.25, 0.3) is 0 Å². The van der Waals surface area contributed by atoms with Crippen molar-refractivity contribution in [3.05, 3.63) is 53.6 Å². The largest absolute Gasteiger partial charge is 0.383 e. The summed E-state index contributed by atoms with van der Waals surface area (Å²) < 4.78 is 4.98. The average Bonchev–Trinajstić information content (AvgIpc) is 2.51. The minimum atomic E-state index is 0.714. The molecule has 21 heavy (non-hydrogen) atoms. The van der Waals surface area contributed by atoms with Crippen molar-refractivity contribution in [1.29, 1.82) is 0 Å². The lowest BCUT2D eigenvalue weighted by Crippen LogP contribution is -2.18. The quantitative estimate of drug-likeness (QED) is 0.600. The number of aryl methyl sites for hydroxylation is 1. The molecule has 0 saturated carbocycles. The molecule has 0 fully saturated rings. The van der Waals surface area contributed by atoms with Gasteiger partial charge in [-0.15, -0.1) is 11.8 Å². The molecule has 1 aromatic heterocycles. The second kappa shape index (κ2) is 8.77. The number of methoxy groups -OCH3 is 1. The van der Waals surface area contributed by atoms with Crippen LogP contribution in [0.15, 0.2) is 41.6 Å². The first-order valence-electron chi connectivity index (χ1n) is 6.97. The van der Waals surface area contributed by atoms with Gasteiger partial charge in [0.15, 0.2) is 0 Å². The molecule has 0 unspecified atom stereocenters. The zero-order valence-corrected chi connectivity index (χ0v) is 13.3. The SMILES string of the molecule is COCCNCc1cnc(CSc2cccc(C)c2)nc1. The summed E-state index contributed by atoms with van der Waals surface area (Å²) in [7, 11) is 1.70. The van der Waals surface area contributed by atoms with Crippen molar-refractivity contribution in [2.24, 2.45) is 0 Å². The molecule has 0 aliphatic heterocycles. The van der Waals surface area contributed by atoms with E-state index >= 15 is 0 Å². The van der Waals surface area contributed by atoms with Crippen LogP contribution in [0.3, 0.4) is 0 Å². The number of aromatic nitrogens is 2. The van der Waals surface area contributed by atoms with Gasteiger partial charge in [-0.05, 0) is 19.1 Å². The van der Waals surface area contributed by atoms with Gasteiger partial charge in [-0.1, -0.05) is 17.7 Å². The molecule has 4 nitrogen and oxygen atoms in total. The van der Waals surface area contributed by atoms with E-state index in [1.54, 1.807) is 18.9 Å². The average molecular weight is 303 g/mol. The van der Waals surface area contributed by atoms with E-state index in [4.69, 9.17) is 4.74 Å². The topological polar surface area (TPSA) is 47.0 Å². The van der Waals surface area contributed by atoms with Gasteiger partial charge in [0.2, 0.25) is 0 Å². The smallest absolute Gasteiger partial charge is 0.138 e. The minimum absolute atomic E-state index is 0.714. The van der Waals surface area contributed by atoms with Crippen molar-refractivity contribution >= 4 is 11.8 Å². The van der Waals surface area contributed by atoms with E-state index in [1.165, 1.54) is 10.5 Å². The Morgan fingerprint density at radius 1 is 1.24 bits per heavy atom. The maximum atomic E-state index is 4.98. The first kappa shape index (κ1) is 15.9. The van der Waals surface area contributed by atoms with Gasteiger partial charge in [0.05, 0.1) is 12.4 Å². The van der Waals surface area contributed by atoms with Crippen LogP contribution < -0.4 is 5.32 Å². The van der Waals surface area contributed by atoms with Crippen molar-refractivity contribution < 1.29 is 4.74 Å². The Hall–Kier alpha value is -1.43. The first-order valence-corrected chi connectivity index (χ1v) is 7.95. The van der Waals surface area contributed by atoms with Crippen LogP contribution in [0.1, 0.15) is 17.0 Å². The van der Waals surface area contributed by atoms with Crippen LogP contribution in [-0.4, -0.2) is 30.2 Å². The second-order valence-electron chi connectivity index (χ2n) is 4.78. The maximum Gasteiger partial charge on any atom is 0.138 e. The summed E-state index contributed by atoms with van der Waals surface area (Å²) in [5, 5.41) is 3.28. The van der Waals surface area contributed by atoms with Gasteiger partial charge in [-0.25, -0.2) is 9.97 Å². The molecule has 1 aromatic carbocycles. The molecule has 5 heteroatoms. The van der Waals surface area contributed by atoms with Gasteiger partial charge in [-0.2, -0.15) is 0 Å². The lowest BCUT2D eigenvalue weighted by Gasteiger charge is -2.05. The van der Waals surface area contributed by atoms with E-state index < -0.39 is 0 Å². The van der Waals surface area contributed by atoms with Crippen LogP contribution in [0.25, 0.3) is 0 Å². The fourth-order valence-electron chi connectivity index (χ4n) is 1.81. The standard InChI is InChI=1S/C16H21N3OS/c1-13-4-3-5-15(8-13)21-12-16-18-10-14(11-19-16)9-17-6-7-20-2/h3-5,8,10-11,17H,6-7,9,12H2,1-2H3. The summed E-state index contributed by atoms with van der Waals surface area (Å²) in [6, 6.07) is 8.48. The molecule has 1 N–H and O–H groups in total. The van der Waals surface area contributed by atoms with E-state index in [0.717, 1.165) is 30.2 Å². The lowest BCUT2D eigenvalue weighted by molar-refractivity contribution is 0.199. The molecule has 0 bridgehead atoms. The Balaban J connectivity index is 1.79. The number of rotatable bonds is 8. The van der Waals surface area contributed by atoms with Gasteiger partial charge in [-0.3, -0.25) is 0 Å². The molecule has 0 amide bonds. The van der Waals surface area contributed by atoms with E-state index in [1.807, 2.05) is 12.4 Å². The molecule has 0 radical (unpaired) electrons. The van der Waals surface area contributed by atoms with Crippen LogP contribution >= 0.6 is 11.8 Å². The molecule has 0 saturated heterocycles. The molecule has 0 atom stereocenters. The van der Waals surface area contributed by atoms with Crippen molar-refractivity contribution in [1.82, 2.24) is 15.3 Å². The van der Waals surface area contributed by atoms with Crippen LogP contribution in [-0.2, 0) is 17.0 Å². The molecule has 112 valence electrons. The molecular formula is C16H21N3OS. The number of benzene rings is 1. The molecule has 2 aromatic rings. The summed E-state index contributed by atoms with van der Waals surface area (Å²) in [6.07, 6.45) is 3.78. The maximum absolute atomic E-state index is 4.98. The number of ether oxygens (including phenoxy) is 1. The summed E-state index contributed by atoms with van der Waals surface area (Å²) in [5.74, 6) is 1.66. The fourth-order valence-corrected chi connectivity index (χ4v) is 2.70. The third kappa shape index (κ3) is 5.83. The second-order valence-corrected chi connectivity index (χ2v) is 5.83. The number of thioether (sulfide) groups is 1. The Bertz CT molecular complexity index is 545. The third-order valence-electron chi connectivity index (χ3n) is 2.93. The van der Waals surface area contributed by atoms with Gasteiger partial charge < -0.3 is 10.1 Å². The van der Waals surface area contributed by atoms with Crippen molar-refractivity contribution in [2.75, 3.05) is 20.3 Å². The van der Waals surface area contributed by atoms with Crippen LogP contribution in [0.4, 0.5) is 0 Å². The van der Waals surface area contributed by atoms with Crippen molar-refractivity contribution in [2.45, 2.75) is 24.1 Å². The first-order chi connectivity index (χ1) is 10.3. The van der Waals surface area contributed by atoms with Gasteiger partial charge in [0, 0.05) is 43.1 Å². The predicted octanol–water partition coefficient (Wildman–Crippen LogP) is 2.81. The number of hydrogen-bond acceptors (Lipinski definition) is 5. The molecule has 0 spiro atoms. The van der Waals surface area contributed by atoms with Crippen LogP contribution in [0.5, 0.6) is 0 Å². The molecule has 1 heterocycles. The number of nitrogens with zero attached hydrogens (tertiary/aromatic N) is 2. The Morgan fingerprint density at radius 3 is 2.76 bits per heavy atom. The van der Waals surface area contributed by atoms with Crippen molar-refractivity contribution in [3.8, 4) is 0 Å². The van der Waals surface area contributed by atoms with Crippen molar-refractivity contribution in [3.63, 3.8) is 0 Å². The van der Waals surface area contributed by atoms with E-state index in [2.05, 4.69) is 46.5 Å². The Kier molecular flexibility index (Phi) is 6.66. The zero-order valence-electron chi connectivity index (χ0n) is 12.5. The highest BCUT2D eigenvalue weighted by atomic mass is 32.2. The summed E-state index contributed by atoms with van der Waals surface area (Å²) in [5.41, 5.74) is 2.37. The summed E-state index contributed by atoms with van der Waals surface area (Å²) in [4.78, 5) is 10.1. The molecule has 0 aliphatic carbocycles. The van der Waals surface area contributed by atoms with E-state index in [0.29, 0.717) is 6.61 Å². The van der Waals surface area contributed by atoms with Gasteiger partial charge >= 0.3 is 0 Å². The highest BCUT2D eigenvalue weighted by molar-refractivity contribution is 7.98. The van der Waals surface area contributed by atoms with Gasteiger partial charge in [0.1, 0.15) is 5.82 Å². The zero-order chi connectivity index (χ0) is 14.9. The molecule has 0 aliphatic rings. The normalized spacial score (nSPS) is 10.8.